The van der Waals surface area contributed by atoms with Crippen molar-refractivity contribution >= 4 is 24.0 Å². The Labute approximate surface area is 163 Å². The highest BCUT2D eigenvalue weighted by Gasteiger charge is 2.15. The van der Waals surface area contributed by atoms with E-state index in [4.69, 9.17) is 15.2 Å². The number of amides is 1. The second-order valence-corrected chi connectivity index (χ2v) is 6.85. The first kappa shape index (κ1) is 22.7. The lowest BCUT2D eigenvalue weighted by atomic mass is 10.0. The zero-order valence-electron chi connectivity index (χ0n) is 15.8. The highest BCUT2D eigenvalue weighted by Crippen LogP contribution is 2.25. The second-order valence-electron chi connectivity index (χ2n) is 6.85. The number of halogens is 1. The van der Waals surface area contributed by atoms with Gasteiger partial charge in [0.25, 0.3) is 0 Å². The lowest BCUT2D eigenvalue weighted by Gasteiger charge is -2.22. The summed E-state index contributed by atoms with van der Waals surface area (Å²) >= 11 is 0. The molecule has 0 aliphatic carbocycles. The van der Waals surface area contributed by atoms with E-state index in [1.807, 2.05) is 25.1 Å². The summed E-state index contributed by atoms with van der Waals surface area (Å²) in [6.07, 6.45) is 6.75. The van der Waals surface area contributed by atoms with Gasteiger partial charge in [0.15, 0.2) is 0 Å². The van der Waals surface area contributed by atoms with Crippen LogP contribution in [0.4, 0.5) is 5.69 Å². The first-order valence-electron chi connectivity index (χ1n) is 9.50. The SMILES string of the molecule is Cc1ccc(NC(=O)CCCCCCN)cc1OCC1CCOCC1.Cl. The summed E-state index contributed by atoms with van der Waals surface area (Å²) in [4.78, 5) is 12.1. The van der Waals surface area contributed by atoms with Crippen molar-refractivity contribution in [3.8, 4) is 5.75 Å². The molecule has 2 rings (SSSR count). The molecule has 148 valence electrons. The van der Waals surface area contributed by atoms with Gasteiger partial charge in [-0.15, -0.1) is 12.4 Å². The van der Waals surface area contributed by atoms with Crippen LogP contribution in [0.5, 0.6) is 5.75 Å². The Hall–Kier alpha value is -1.30. The van der Waals surface area contributed by atoms with E-state index in [-0.39, 0.29) is 18.3 Å². The molecule has 1 saturated heterocycles. The zero-order valence-corrected chi connectivity index (χ0v) is 16.6. The first-order valence-corrected chi connectivity index (χ1v) is 9.50. The molecule has 0 spiro atoms. The Morgan fingerprint density at radius 2 is 1.96 bits per heavy atom. The maximum absolute atomic E-state index is 12.1. The Bertz CT molecular complexity index is 534. The van der Waals surface area contributed by atoms with E-state index >= 15 is 0 Å². The number of hydrogen-bond acceptors (Lipinski definition) is 4. The number of benzene rings is 1. The Kier molecular flexibility index (Phi) is 11.3. The van der Waals surface area contributed by atoms with Crippen molar-refractivity contribution in [1.29, 1.82) is 0 Å². The van der Waals surface area contributed by atoms with Crippen LogP contribution in [0.2, 0.25) is 0 Å². The van der Waals surface area contributed by atoms with E-state index in [1.165, 1.54) is 0 Å². The number of nitrogens with two attached hydrogens (primary N) is 1. The summed E-state index contributed by atoms with van der Waals surface area (Å²) in [6, 6.07) is 5.86. The molecular formula is C20H33ClN2O3. The van der Waals surface area contributed by atoms with Gasteiger partial charge >= 0.3 is 0 Å². The molecule has 0 bridgehead atoms. The third kappa shape index (κ3) is 8.39. The highest BCUT2D eigenvalue weighted by atomic mass is 35.5. The molecule has 0 radical (unpaired) electrons. The molecule has 5 nitrogen and oxygen atoms in total. The molecule has 6 heteroatoms. The van der Waals surface area contributed by atoms with Gasteiger partial charge in [-0.25, -0.2) is 0 Å². The number of aryl methyl sites for hydroxylation is 1. The minimum atomic E-state index is 0. The molecule has 0 aromatic heterocycles. The third-order valence-corrected chi connectivity index (χ3v) is 4.65. The quantitative estimate of drug-likeness (QED) is 0.596. The molecule has 1 fully saturated rings. The van der Waals surface area contributed by atoms with Gasteiger partial charge in [-0.3, -0.25) is 4.79 Å². The minimum Gasteiger partial charge on any atom is -0.493 e. The van der Waals surface area contributed by atoms with Crippen molar-refractivity contribution in [2.45, 2.75) is 51.9 Å². The van der Waals surface area contributed by atoms with Gasteiger partial charge < -0.3 is 20.5 Å². The van der Waals surface area contributed by atoms with Crippen molar-refractivity contribution in [2.75, 3.05) is 31.7 Å². The van der Waals surface area contributed by atoms with E-state index in [9.17, 15) is 4.79 Å². The van der Waals surface area contributed by atoms with Crippen LogP contribution in [0.1, 0.15) is 50.5 Å². The number of carbonyl (C=O) groups is 1. The van der Waals surface area contributed by atoms with Crippen molar-refractivity contribution in [3.63, 3.8) is 0 Å². The van der Waals surface area contributed by atoms with Crippen molar-refractivity contribution in [2.24, 2.45) is 11.7 Å². The van der Waals surface area contributed by atoms with Gasteiger partial charge in [0.2, 0.25) is 5.91 Å². The largest absolute Gasteiger partial charge is 0.493 e. The van der Waals surface area contributed by atoms with Gasteiger partial charge in [0.1, 0.15) is 5.75 Å². The average molecular weight is 385 g/mol. The fourth-order valence-electron chi connectivity index (χ4n) is 2.96. The second kappa shape index (κ2) is 13.0. The number of nitrogens with one attached hydrogen (secondary N) is 1. The Balaban J connectivity index is 0.00000338. The summed E-state index contributed by atoms with van der Waals surface area (Å²) in [5, 5.41) is 2.97. The molecule has 1 aromatic rings. The molecule has 26 heavy (non-hydrogen) atoms. The number of unbranched alkanes of at least 4 members (excludes halogenated alkanes) is 3. The number of hydrogen-bond donors (Lipinski definition) is 2. The number of ether oxygens (including phenoxy) is 2. The van der Waals surface area contributed by atoms with E-state index in [0.717, 1.165) is 75.3 Å². The molecule has 1 aliphatic heterocycles. The van der Waals surface area contributed by atoms with Crippen LogP contribution < -0.4 is 15.8 Å². The smallest absolute Gasteiger partial charge is 0.224 e. The normalized spacial score (nSPS) is 14.5. The van der Waals surface area contributed by atoms with Gasteiger partial charge in [0, 0.05) is 31.4 Å². The van der Waals surface area contributed by atoms with Crippen LogP contribution >= 0.6 is 12.4 Å². The summed E-state index contributed by atoms with van der Waals surface area (Å²) < 4.78 is 11.4. The van der Waals surface area contributed by atoms with Crippen LogP contribution in [-0.4, -0.2) is 32.3 Å². The van der Waals surface area contributed by atoms with E-state index < -0.39 is 0 Å². The van der Waals surface area contributed by atoms with Crippen molar-refractivity contribution in [1.82, 2.24) is 0 Å². The summed E-state index contributed by atoms with van der Waals surface area (Å²) in [5.41, 5.74) is 7.37. The van der Waals surface area contributed by atoms with Crippen LogP contribution in [0.25, 0.3) is 0 Å². The minimum absolute atomic E-state index is 0. The van der Waals surface area contributed by atoms with E-state index in [0.29, 0.717) is 18.9 Å². The highest BCUT2D eigenvalue weighted by molar-refractivity contribution is 5.90. The molecule has 3 N–H and O–H groups in total. The predicted molar refractivity (Wildman–Crippen MR) is 108 cm³/mol. The molecule has 0 unspecified atom stereocenters. The van der Waals surface area contributed by atoms with Gasteiger partial charge in [-0.2, -0.15) is 0 Å². The molecule has 0 saturated carbocycles. The monoisotopic (exact) mass is 384 g/mol. The van der Waals surface area contributed by atoms with Gasteiger partial charge in [-0.1, -0.05) is 18.9 Å². The van der Waals surface area contributed by atoms with Crippen LogP contribution in [0.15, 0.2) is 18.2 Å². The lowest BCUT2D eigenvalue weighted by molar-refractivity contribution is -0.116. The summed E-state index contributed by atoms with van der Waals surface area (Å²) in [5.74, 6) is 1.47. The maximum atomic E-state index is 12.1. The average Bonchev–Trinajstić information content (AvgIpc) is 2.63. The first-order chi connectivity index (χ1) is 12.2. The number of carbonyl (C=O) groups excluding carboxylic acids is 1. The zero-order chi connectivity index (χ0) is 17.9. The molecule has 0 atom stereocenters. The van der Waals surface area contributed by atoms with Crippen LogP contribution in [0.3, 0.4) is 0 Å². The molecule has 1 amide bonds. The molecule has 1 aromatic carbocycles. The van der Waals surface area contributed by atoms with Crippen LogP contribution in [-0.2, 0) is 9.53 Å². The van der Waals surface area contributed by atoms with Crippen molar-refractivity contribution < 1.29 is 14.3 Å². The third-order valence-electron chi connectivity index (χ3n) is 4.65. The summed E-state index contributed by atoms with van der Waals surface area (Å²) in [6.45, 7) is 5.13. The molecule has 1 heterocycles. The fourth-order valence-corrected chi connectivity index (χ4v) is 2.96. The lowest BCUT2D eigenvalue weighted by Crippen LogP contribution is -2.21. The van der Waals surface area contributed by atoms with E-state index in [1.54, 1.807) is 0 Å². The Morgan fingerprint density at radius 3 is 2.69 bits per heavy atom. The predicted octanol–water partition coefficient (Wildman–Crippen LogP) is 4.07. The number of anilines is 1. The Morgan fingerprint density at radius 1 is 1.23 bits per heavy atom. The molecule has 1 aliphatic rings. The van der Waals surface area contributed by atoms with Crippen molar-refractivity contribution in [3.05, 3.63) is 23.8 Å². The van der Waals surface area contributed by atoms with Crippen LogP contribution in [0, 0.1) is 12.8 Å². The molecular weight excluding hydrogens is 352 g/mol. The fraction of sp³-hybridized carbons (Fsp3) is 0.650. The standard InChI is InChI=1S/C20H32N2O3.ClH/c1-16-7-8-18(22-20(23)6-4-2-3-5-11-21)14-19(16)25-15-17-9-12-24-13-10-17;/h7-8,14,17H,2-6,9-13,15,21H2,1H3,(H,22,23);1H. The maximum Gasteiger partial charge on any atom is 0.224 e. The van der Waals surface area contributed by atoms with Gasteiger partial charge in [0.05, 0.1) is 6.61 Å². The van der Waals surface area contributed by atoms with E-state index in [2.05, 4.69) is 5.32 Å². The topological polar surface area (TPSA) is 73.6 Å². The number of rotatable bonds is 10. The van der Waals surface area contributed by atoms with Gasteiger partial charge in [-0.05, 0) is 56.7 Å². The summed E-state index contributed by atoms with van der Waals surface area (Å²) in [7, 11) is 0.